The Morgan fingerprint density at radius 1 is 0.781 bits per heavy atom. The quantitative estimate of drug-likeness (QED) is 0.158. The topological polar surface area (TPSA) is 63.6 Å². The number of unbranched alkanes of at least 4 members (excludes halogenated alkanes) is 10. The van der Waals surface area contributed by atoms with Gasteiger partial charge in [-0.2, -0.15) is 0 Å². The van der Waals surface area contributed by atoms with Gasteiger partial charge in [0.25, 0.3) is 0 Å². The molecule has 3 atom stereocenters. The Balaban J connectivity index is 2.33. The van der Waals surface area contributed by atoms with Gasteiger partial charge in [-0.05, 0) is 50.9 Å². The predicted molar refractivity (Wildman–Crippen MR) is 133 cm³/mol. The third-order valence-corrected chi connectivity index (χ3v) is 7.08. The van der Waals surface area contributed by atoms with Crippen molar-refractivity contribution in [2.45, 2.75) is 149 Å². The molecule has 32 heavy (non-hydrogen) atoms. The van der Waals surface area contributed by atoms with Crippen LogP contribution in [0.25, 0.3) is 0 Å². The zero-order valence-corrected chi connectivity index (χ0v) is 21.4. The first-order valence-corrected chi connectivity index (χ1v) is 13.9. The first-order chi connectivity index (χ1) is 15.4. The maximum atomic E-state index is 12.8. The van der Waals surface area contributed by atoms with Gasteiger partial charge in [-0.1, -0.05) is 97.8 Å². The molecular weight excluding hydrogens is 400 g/mol. The van der Waals surface area contributed by atoms with E-state index in [-0.39, 0.29) is 23.9 Å². The fourth-order valence-electron chi connectivity index (χ4n) is 4.93. The number of aliphatic carboxylic acids is 1. The van der Waals surface area contributed by atoms with Crippen molar-refractivity contribution in [1.82, 2.24) is 0 Å². The average Bonchev–Trinajstić information content (AvgIpc) is 2.77. The summed E-state index contributed by atoms with van der Waals surface area (Å²) in [6, 6.07) is 0. The summed E-state index contributed by atoms with van der Waals surface area (Å²) in [5.74, 6) is -0.799. The lowest BCUT2D eigenvalue weighted by Crippen LogP contribution is -2.31. The van der Waals surface area contributed by atoms with Gasteiger partial charge in [0.15, 0.2) is 0 Å². The first-order valence-electron chi connectivity index (χ1n) is 13.9. The highest BCUT2D eigenvalue weighted by Gasteiger charge is 2.32. The lowest BCUT2D eigenvalue weighted by Gasteiger charge is -2.27. The number of ether oxygens (including phenoxy) is 1. The molecule has 0 saturated heterocycles. The summed E-state index contributed by atoms with van der Waals surface area (Å²) in [5, 5.41) is 9.31. The van der Waals surface area contributed by atoms with Crippen molar-refractivity contribution in [3.63, 3.8) is 0 Å². The Morgan fingerprint density at radius 3 is 1.84 bits per heavy atom. The minimum Gasteiger partial charge on any atom is -0.481 e. The second-order valence-electron chi connectivity index (χ2n) is 10.6. The van der Waals surface area contributed by atoms with E-state index in [0.29, 0.717) is 18.8 Å². The summed E-state index contributed by atoms with van der Waals surface area (Å²) in [6.45, 7) is 6.77. The molecule has 4 nitrogen and oxygen atoms in total. The van der Waals surface area contributed by atoms with Crippen LogP contribution in [-0.2, 0) is 14.3 Å². The summed E-state index contributed by atoms with van der Waals surface area (Å²) >= 11 is 0. The van der Waals surface area contributed by atoms with Crippen LogP contribution < -0.4 is 0 Å². The number of carbonyl (C=O) groups excluding carboxylic acids is 1. The minimum absolute atomic E-state index is 0.00825. The Kier molecular flexibility index (Phi) is 16.6. The maximum absolute atomic E-state index is 12.8. The molecule has 1 saturated carbocycles. The van der Waals surface area contributed by atoms with Crippen molar-refractivity contribution >= 4 is 11.9 Å². The molecule has 0 amide bonds. The van der Waals surface area contributed by atoms with Gasteiger partial charge >= 0.3 is 11.9 Å². The van der Waals surface area contributed by atoms with E-state index >= 15 is 0 Å². The fourth-order valence-corrected chi connectivity index (χ4v) is 4.93. The van der Waals surface area contributed by atoms with Crippen LogP contribution in [0.5, 0.6) is 0 Å². The first kappa shape index (κ1) is 29.0. The molecule has 0 aliphatic heterocycles. The Labute approximate surface area is 198 Å². The molecule has 0 aromatic carbocycles. The molecule has 0 aromatic rings. The highest BCUT2D eigenvalue weighted by molar-refractivity contribution is 5.75. The Bertz CT molecular complexity index is 488. The zero-order valence-electron chi connectivity index (χ0n) is 21.4. The normalized spacial score (nSPS) is 19.8. The molecule has 1 aliphatic carbocycles. The van der Waals surface area contributed by atoms with E-state index in [1.165, 1.54) is 70.6 Å². The summed E-state index contributed by atoms with van der Waals surface area (Å²) in [4.78, 5) is 24.1. The van der Waals surface area contributed by atoms with E-state index in [0.717, 1.165) is 38.5 Å². The molecule has 0 heterocycles. The van der Waals surface area contributed by atoms with E-state index < -0.39 is 5.97 Å². The van der Waals surface area contributed by atoms with Crippen LogP contribution in [0.3, 0.4) is 0 Å². The molecule has 188 valence electrons. The molecular formula is C28H52O4. The molecule has 1 aliphatic rings. The largest absolute Gasteiger partial charge is 0.481 e. The van der Waals surface area contributed by atoms with Crippen molar-refractivity contribution in [2.24, 2.45) is 17.8 Å². The molecule has 0 bridgehead atoms. The van der Waals surface area contributed by atoms with Crippen molar-refractivity contribution in [1.29, 1.82) is 0 Å². The highest BCUT2D eigenvalue weighted by atomic mass is 16.5. The fraction of sp³-hybridized carbons (Fsp3) is 0.929. The summed E-state index contributed by atoms with van der Waals surface area (Å²) in [7, 11) is 0. The summed E-state index contributed by atoms with van der Waals surface area (Å²) in [6.07, 6.45) is 21.3. The number of carbonyl (C=O) groups is 2. The zero-order chi connectivity index (χ0) is 23.6. The van der Waals surface area contributed by atoms with Crippen molar-refractivity contribution in [3.05, 3.63) is 0 Å². The highest BCUT2D eigenvalue weighted by Crippen LogP contribution is 2.31. The second kappa shape index (κ2) is 18.4. The van der Waals surface area contributed by atoms with Gasteiger partial charge in [0.1, 0.15) is 6.10 Å². The molecule has 1 rings (SSSR count). The van der Waals surface area contributed by atoms with E-state index in [2.05, 4.69) is 20.8 Å². The number of rotatable bonds is 19. The molecule has 3 unspecified atom stereocenters. The van der Waals surface area contributed by atoms with Crippen LogP contribution in [-0.4, -0.2) is 23.1 Å². The van der Waals surface area contributed by atoms with Gasteiger partial charge in [0, 0.05) is 0 Å². The van der Waals surface area contributed by atoms with Gasteiger partial charge in [-0.15, -0.1) is 0 Å². The van der Waals surface area contributed by atoms with Gasteiger partial charge in [-0.25, -0.2) is 0 Å². The Morgan fingerprint density at radius 2 is 1.28 bits per heavy atom. The molecule has 1 fully saturated rings. The molecule has 1 N–H and O–H groups in total. The molecule has 0 aromatic heterocycles. The smallest absolute Gasteiger partial charge is 0.309 e. The molecule has 0 radical (unpaired) electrons. The van der Waals surface area contributed by atoms with Crippen molar-refractivity contribution in [3.8, 4) is 0 Å². The predicted octanol–water partition coefficient (Wildman–Crippen LogP) is 8.32. The number of esters is 1. The lowest BCUT2D eigenvalue weighted by atomic mass is 9.81. The Hall–Kier alpha value is -1.06. The van der Waals surface area contributed by atoms with Crippen molar-refractivity contribution in [2.75, 3.05) is 0 Å². The summed E-state index contributed by atoms with van der Waals surface area (Å²) < 4.78 is 5.98. The van der Waals surface area contributed by atoms with Crippen LogP contribution in [0, 0.1) is 17.8 Å². The van der Waals surface area contributed by atoms with Gasteiger partial charge < -0.3 is 9.84 Å². The third-order valence-electron chi connectivity index (χ3n) is 7.08. The van der Waals surface area contributed by atoms with Gasteiger partial charge in [0.05, 0.1) is 11.8 Å². The van der Waals surface area contributed by atoms with E-state index in [4.69, 9.17) is 4.74 Å². The summed E-state index contributed by atoms with van der Waals surface area (Å²) in [5.41, 5.74) is 0. The minimum atomic E-state index is -0.766. The number of carboxylic acids is 1. The molecule has 0 spiro atoms. The van der Waals surface area contributed by atoms with Crippen LogP contribution in [0.1, 0.15) is 143 Å². The van der Waals surface area contributed by atoms with Crippen LogP contribution >= 0.6 is 0 Å². The maximum Gasteiger partial charge on any atom is 0.309 e. The van der Waals surface area contributed by atoms with Crippen molar-refractivity contribution < 1.29 is 19.4 Å². The van der Waals surface area contributed by atoms with Crippen LogP contribution in [0.2, 0.25) is 0 Å². The van der Waals surface area contributed by atoms with Crippen LogP contribution in [0.4, 0.5) is 0 Å². The van der Waals surface area contributed by atoms with Gasteiger partial charge in [0.2, 0.25) is 0 Å². The number of hydrogen-bond donors (Lipinski definition) is 1. The lowest BCUT2D eigenvalue weighted by molar-refractivity contribution is -0.158. The van der Waals surface area contributed by atoms with E-state index in [9.17, 15) is 14.7 Å². The number of hydrogen-bond acceptors (Lipinski definition) is 3. The second-order valence-corrected chi connectivity index (χ2v) is 10.6. The van der Waals surface area contributed by atoms with E-state index in [1.807, 2.05) is 0 Å². The molecule has 4 heteroatoms. The monoisotopic (exact) mass is 452 g/mol. The third kappa shape index (κ3) is 14.2. The van der Waals surface area contributed by atoms with E-state index in [1.54, 1.807) is 0 Å². The standard InChI is InChI=1S/C28H52O4/c1-4-5-6-7-8-9-10-11-12-13-20-26(21-15-14-17-23(2)3)32-28(31)25-19-16-18-24(22-25)27(29)30/h23-26H,4-22H2,1-3H3,(H,29,30). The SMILES string of the molecule is CCCCCCCCCCCCC(CCCCC(C)C)OC(=O)C1CCCC(C(=O)O)C1. The van der Waals surface area contributed by atoms with Crippen LogP contribution in [0.15, 0.2) is 0 Å². The average molecular weight is 453 g/mol. The van der Waals surface area contributed by atoms with Gasteiger partial charge in [-0.3, -0.25) is 9.59 Å². The number of carboxylic acid groups (broad SMARTS) is 1.